The Kier molecular flexibility index (Phi) is 4.89. The predicted molar refractivity (Wildman–Crippen MR) is 96.5 cm³/mol. The number of nitrogens with zero attached hydrogens (tertiary/aromatic N) is 1. The molecule has 0 spiro atoms. The second-order valence-corrected chi connectivity index (χ2v) is 6.07. The molecule has 0 fully saturated rings. The minimum absolute atomic E-state index is 0.130. The highest BCUT2D eigenvalue weighted by Gasteiger charge is 2.31. The molecule has 0 saturated carbocycles. The summed E-state index contributed by atoms with van der Waals surface area (Å²) >= 11 is 0. The van der Waals surface area contributed by atoms with E-state index in [-0.39, 0.29) is 33.8 Å². The number of aromatic hydroxyl groups is 1. The van der Waals surface area contributed by atoms with E-state index >= 15 is 0 Å². The molecule has 5 nitrogen and oxygen atoms in total. The number of benzene rings is 2. The number of pyridine rings is 1. The molecule has 1 aromatic heterocycles. The third-order valence-electron chi connectivity index (χ3n) is 4.38. The van der Waals surface area contributed by atoms with Gasteiger partial charge in [0, 0.05) is 17.0 Å². The molecule has 0 aliphatic rings. The molecule has 0 atom stereocenters. The van der Waals surface area contributed by atoms with Gasteiger partial charge >= 0.3 is 12.1 Å². The zero-order valence-electron chi connectivity index (χ0n) is 15.2. The molecule has 3 aromatic rings. The van der Waals surface area contributed by atoms with Crippen LogP contribution < -0.4 is 4.74 Å². The second-order valence-electron chi connectivity index (χ2n) is 6.07. The zero-order chi connectivity index (χ0) is 20.6. The van der Waals surface area contributed by atoms with Crippen LogP contribution in [0.1, 0.15) is 21.5 Å². The van der Waals surface area contributed by atoms with Gasteiger partial charge in [-0.3, -0.25) is 0 Å². The fraction of sp³-hybridized carbons (Fsp3) is 0.200. The SMILES string of the molecule is COC(=O)c1c(C)c(-c2cccc(C(F)(F)F)c2)nc2cc(O)c(OC)cc12. The van der Waals surface area contributed by atoms with E-state index in [1.807, 2.05) is 0 Å². The molecule has 1 N–H and O–H groups in total. The van der Waals surface area contributed by atoms with E-state index in [4.69, 9.17) is 9.47 Å². The van der Waals surface area contributed by atoms with Crippen molar-refractivity contribution in [1.29, 1.82) is 0 Å². The van der Waals surface area contributed by atoms with Gasteiger partial charge in [0.25, 0.3) is 0 Å². The first kappa shape index (κ1) is 19.5. The minimum atomic E-state index is -4.52. The number of hydrogen-bond acceptors (Lipinski definition) is 5. The summed E-state index contributed by atoms with van der Waals surface area (Å²) in [6.07, 6.45) is -4.52. The van der Waals surface area contributed by atoms with E-state index in [1.165, 1.54) is 38.5 Å². The van der Waals surface area contributed by atoms with Gasteiger partial charge in [0.1, 0.15) is 0 Å². The highest BCUT2D eigenvalue weighted by molar-refractivity contribution is 6.07. The van der Waals surface area contributed by atoms with Crippen molar-refractivity contribution in [1.82, 2.24) is 4.98 Å². The lowest BCUT2D eigenvalue weighted by molar-refractivity contribution is -0.137. The first-order chi connectivity index (χ1) is 13.2. The number of ether oxygens (including phenoxy) is 2. The summed E-state index contributed by atoms with van der Waals surface area (Å²) in [5.41, 5.74) is 0.253. The molecular weight excluding hydrogens is 375 g/mol. The molecule has 146 valence electrons. The molecule has 1 heterocycles. The Morgan fingerprint density at radius 1 is 1.14 bits per heavy atom. The maximum atomic E-state index is 13.1. The van der Waals surface area contributed by atoms with Gasteiger partial charge < -0.3 is 14.6 Å². The van der Waals surface area contributed by atoms with Gasteiger partial charge in [0.15, 0.2) is 11.5 Å². The maximum absolute atomic E-state index is 13.1. The Hall–Kier alpha value is -3.29. The lowest BCUT2D eigenvalue weighted by atomic mass is 9.96. The van der Waals surface area contributed by atoms with Gasteiger partial charge in [0.05, 0.1) is 36.6 Å². The first-order valence-corrected chi connectivity index (χ1v) is 8.14. The number of fused-ring (bicyclic) bond motifs is 1. The molecule has 2 aromatic carbocycles. The average Bonchev–Trinajstić information content (AvgIpc) is 2.66. The summed E-state index contributed by atoms with van der Waals surface area (Å²) in [5, 5.41) is 10.4. The van der Waals surface area contributed by atoms with Gasteiger partial charge in [-0.25, -0.2) is 9.78 Å². The standard InChI is InChI=1S/C20H16F3NO4/c1-10-17(19(26)28-3)13-8-16(27-2)15(25)9-14(13)24-18(10)11-5-4-6-12(7-11)20(21,22)23/h4-9,25H,1-3H3. The molecular formula is C20H16F3NO4. The van der Waals surface area contributed by atoms with Crippen LogP contribution in [0.25, 0.3) is 22.2 Å². The maximum Gasteiger partial charge on any atom is 0.416 e. The fourth-order valence-electron chi connectivity index (χ4n) is 3.03. The number of esters is 1. The molecule has 0 amide bonds. The smallest absolute Gasteiger partial charge is 0.416 e. The van der Waals surface area contributed by atoms with Crippen molar-refractivity contribution in [3.8, 4) is 22.8 Å². The molecule has 0 unspecified atom stereocenters. The monoisotopic (exact) mass is 391 g/mol. The van der Waals surface area contributed by atoms with Crippen LogP contribution in [-0.2, 0) is 10.9 Å². The quantitative estimate of drug-likeness (QED) is 0.654. The number of alkyl halides is 3. The molecule has 0 aliphatic carbocycles. The Morgan fingerprint density at radius 2 is 1.86 bits per heavy atom. The van der Waals surface area contributed by atoms with Crippen molar-refractivity contribution in [2.75, 3.05) is 14.2 Å². The molecule has 28 heavy (non-hydrogen) atoms. The predicted octanol–water partition coefficient (Wildman–Crippen LogP) is 4.73. The summed E-state index contributed by atoms with van der Waals surface area (Å²) in [6, 6.07) is 7.39. The third kappa shape index (κ3) is 3.33. The van der Waals surface area contributed by atoms with Crippen LogP contribution in [0.2, 0.25) is 0 Å². The van der Waals surface area contributed by atoms with E-state index in [0.29, 0.717) is 10.9 Å². The summed E-state index contributed by atoms with van der Waals surface area (Å²) in [5.74, 6) is -0.756. The fourth-order valence-corrected chi connectivity index (χ4v) is 3.03. The Balaban J connectivity index is 2.36. The topological polar surface area (TPSA) is 68.7 Å². The Labute approximate surface area is 158 Å². The number of phenols is 1. The Bertz CT molecular complexity index is 1080. The van der Waals surface area contributed by atoms with Crippen molar-refractivity contribution in [3.63, 3.8) is 0 Å². The van der Waals surface area contributed by atoms with Gasteiger partial charge in [-0.15, -0.1) is 0 Å². The van der Waals surface area contributed by atoms with Crippen LogP contribution in [-0.4, -0.2) is 30.3 Å². The number of aromatic nitrogens is 1. The van der Waals surface area contributed by atoms with Crippen molar-refractivity contribution >= 4 is 16.9 Å². The number of carbonyl (C=O) groups excluding carboxylic acids is 1. The number of hydrogen-bond donors (Lipinski definition) is 1. The van der Waals surface area contributed by atoms with Crippen LogP contribution in [0.3, 0.4) is 0 Å². The van der Waals surface area contributed by atoms with Gasteiger partial charge in [-0.2, -0.15) is 13.2 Å². The number of phenolic OH excluding ortho intramolecular Hbond substituents is 1. The van der Waals surface area contributed by atoms with Crippen molar-refractivity contribution in [2.45, 2.75) is 13.1 Å². The van der Waals surface area contributed by atoms with Gasteiger partial charge in [-0.1, -0.05) is 12.1 Å². The second kappa shape index (κ2) is 7.03. The summed E-state index contributed by atoms with van der Waals surface area (Å²) in [4.78, 5) is 16.8. The first-order valence-electron chi connectivity index (χ1n) is 8.14. The highest BCUT2D eigenvalue weighted by atomic mass is 19.4. The number of carbonyl (C=O) groups is 1. The van der Waals surface area contributed by atoms with Crippen LogP contribution in [0.5, 0.6) is 11.5 Å². The van der Waals surface area contributed by atoms with E-state index in [2.05, 4.69) is 4.98 Å². The van der Waals surface area contributed by atoms with E-state index in [1.54, 1.807) is 6.92 Å². The molecule has 3 rings (SSSR count). The number of methoxy groups -OCH3 is 2. The van der Waals surface area contributed by atoms with Crippen molar-refractivity contribution in [2.24, 2.45) is 0 Å². The average molecular weight is 391 g/mol. The van der Waals surface area contributed by atoms with E-state index in [9.17, 15) is 23.1 Å². The largest absolute Gasteiger partial charge is 0.504 e. The lowest BCUT2D eigenvalue weighted by Crippen LogP contribution is -2.09. The summed E-state index contributed by atoms with van der Waals surface area (Å²) in [7, 11) is 2.56. The summed E-state index contributed by atoms with van der Waals surface area (Å²) in [6.45, 7) is 1.58. The summed E-state index contributed by atoms with van der Waals surface area (Å²) < 4.78 is 49.2. The third-order valence-corrected chi connectivity index (χ3v) is 4.38. The van der Waals surface area contributed by atoms with Crippen molar-refractivity contribution < 1.29 is 32.5 Å². The van der Waals surface area contributed by atoms with Crippen LogP contribution in [0, 0.1) is 6.92 Å². The Morgan fingerprint density at radius 3 is 2.46 bits per heavy atom. The van der Waals surface area contributed by atoms with E-state index < -0.39 is 17.7 Å². The molecule has 8 heteroatoms. The highest BCUT2D eigenvalue weighted by Crippen LogP contribution is 2.38. The number of rotatable bonds is 3. The molecule has 0 saturated heterocycles. The minimum Gasteiger partial charge on any atom is -0.504 e. The lowest BCUT2D eigenvalue weighted by Gasteiger charge is -2.15. The van der Waals surface area contributed by atoms with Crippen molar-refractivity contribution in [3.05, 3.63) is 53.1 Å². The zero-order valence-corrected chi connectivity index (χ0v) is 15.2. The molecule has 0 aliphatic heterocycles. The normalized spacial score (nSPS) is 11.5. The number of halogens is 3. The van der Waals surface area contributed by atoms with Crippen LogP contribution >= 0.6 is 0 Å². The van der Waals surface area contributed by atoms with Crippen LogP contribution in [0.4, 0.5) is 13.2 Å². The van der Waals surface area contributed by atoms with Gasteiger partial charge in [-0.05, 0) is 30.7 Å². The molecule has 0 bridgehead atoms. The molecule has 0 radical (unpaired) electrons. The van der Waals surface area contributed by atoms with Gasteiger partial charge in [0.2, 0.25) is 0 Å². The van der Waals surface area contributed by atoms with Crippen LogP contribution in [0.15, 0.2) is 36.4 Å². The van der Waals surface area contributed by atoms with E-state index in [0.717, 1.165) is 12.1 Å².